The standard InChI is InChI=1S/C17H23FN2S/c1-17(13-19,12-14-5-3-6-15(18)11-14)20(2)9-8-16-7-4-10-21-16/h3-7,10-11H,8-9,12-13,19H2,1-2H3. The van der Waals surface area contributed by atoms with Crippen molar-refractivity contribution in [1.29, 1.82) is 0 Å². The van der Waals surface area contributed by atoms with Crippen molar-refractivity contribution in [3.8, 4) is 0 Å². The molecule has 0 bridgehead atoms. The first kappa shape index (κ1) is 16.1. The Balaban J connectivity index is 2.01. The minimum absolute atomic E-state index is 0.162. The van der Waals surface area contributed by atoms with Gasteiger partial charge in [-0.1, -0.05) is 18.2 Å². The number of hydrogen-bond donors (Lipinski definition) is 1. The van der Waals surface area contributed by atoms with Gasteiger partial charge >= 0.3 is 0 Å². The molecule has 1 atom stereocenters. The van der Waals surface area contributed by atoms with Crippen molar-refractivity contribution in [3.05, 3.63) is 58.0 Å². The number of benzene rings is 1. The SMILES string of the molecule is CN(CCc1cccs1)C(C)(CN)Cc1cccc(F)c1. The van der Waals surface area contributed by atoms with Crippen LogP contribution < -0.4 is 5.73 Å². The van der Waals surface area contributed by atoms with Crippen molar-refractivity contribution in [1.82, 2.24) is 4.90 Å². The summed E-state index contributed by atoms with van der Waals surface area (Å²) < 4.78 is 13.3. The highest BCUT2D eigenvalue weighted by Crippen LogP contribution is 2.20. The molecule has 0 amide bonds. The molecule has 0 saturated heterocycles. The number of halogens is 1. The van der Waals surface area contributed by atoms with Crippen LogP contribution in [0.1, 0.15) is 17.4 Å². The van der Waals surface area contributed by atoms with E-state index in [2.05, 4.69) is 36.4 Å². The van der Waals surface area contributed by atoms with E-state index < -0.39 is 0 Å². The van der Waals surface area contributed by atoms with Gasteiger partial charge in [-0.3, -0.25) is 4.90 Å². The maximum absolute atomic E-state index is 13.3. The van der Waals surface area contributed by atoms with Crippen molar-refractivity contribution in [3.63, 3.8) is 0 Å². The van der Waals surface area contributed by atoms with Crippen LogP contribution in [0, 0.1) is 5.82 Å². The maximum atomic E-state index is 13.3. The summed E-state index contributed by atoms with van der Waals surface area (Å²) in [6.07, 6.45) is 1.77. The number of nitrogens with zero attached hydrogens (tertiary/aromatic N) is 1. The Labute approximate surface area is 130 Å². The Bertz CT molecular complexity index is 556. The quantitative estimate of drug-likeness (QED) is 0.850. The van der Waals surface area contributed by atoms with Gasteiger partial charge in [0.05, 0.1) is 0 Å². The van der Waals surface area contributed by atoms with Gasteiger partial charge in [-0.05, 0) is 56.0 Å². The first-order chi connectivity index (χ1) is 10.0. The van der Waals surface area contributed by atoms with Gasteiger partial charge in [0.25, 0.3) is 0 Å². The zero-order valence-corrected chi connectivity index (χ0v) is 13.5. The summed E-state index contributed by atoms with van der Waals surface area (Å²) in [4.78, 5) is 3.67. The summed E-state index contributed by atoms with van der Waals surface area (Å²) in [6, 6.07) is 11.0. The van der Waals surface area contributed by atoms with E-state index in [1.54, 1.807) is 23.5 Å². The average Bonchev–Trinajstić information content (AvgIpc) is 2.98. The number of nitrogens with two attached hydrogens (primary N) is 1. The lowest BCUT2D eigenvalue weighted by molar-refractivity contribution is 0.146. The van der Waals surface area contributed by atoms with Crippen molar-refractivity contribution >= 4 is 11.3 Å². The van der Waals surface area contributed by atoms with Crippen LogP contribution in [0.5, 0.6) is 0 Å². The normalized spacial score (nSPS) is 14.3. The lowest BCUT2D eigenvalue weighted by Crippen LogP contribution is -2.52. The van der Waals surface area contributed by atoms with Gasteiger partial charge < -0.3 is 5.73 Å². The molecule has 4 heteroatoms. The molecule has 1 unspecified atom stereocenters. The number of rotatable bonds is 7. The van der Waals surface area contributed by atoms with Gasteiger partial charge in [0.2, 0.25) is 0 Å². The fraction of sp³-hybridized carbons (Fsp3) is 0.412. The highest BCUT2D eigenvalue weighted by molar-refractivity contribution is 7.09. The third kappa shape index (κ3) is 4.37. The molecule has 2 aromatic rings. The summed E-state index contributed by atoms with van der Waals surface area (Å²) in [6.45, 7) is 3.64. The van der Waals surface area contributed by atoms with E-state index in [1.165, 1.54) is 10.9 Å². The molecule has 21 heavy (non-hydrogen) atoms. The van der Waals surface area contributed by atoms with Crippen LogP contribution in [-0.4, -0.2) is 30.6 Å². The van der Waals surface area contributed by atoms with Crippen LogP contribution >= 0.6 is 11.3 Å². The van der Waals surface area contributed by atoms with Crippen LogP contribution in [0.15, 0.2) is 41.8 Å². The second-order valence-electron chi connectivity index (χ2n) is 5.76. The van der Waals surface area contributed by atoms with E-state index >= 15 is 0 Å². The molecule has 1 heterocycles. The van der Waals surface area contributed by atoms with Crippen LogP contribution in [0.2, 0.25) is 0 Å². The monoisotopic (exact) mass is 306 g/mol. The van der Waals surface area contributed by atoms with Crippen molar-refractivity contribution in [2.75, 3.05) is 20.1 Å². The van der Waals surface area contributed by atoms with Crippen molar-refractivity contribution < 1.29 is 4.39 Å². The highest BCUT2D eigenvalue weighted by Gasteiger charge is 2.28. The van der Waals surface area contributed by atoms with Crippen LogP contribution in [0.25, 0.3) is 0 Å². The molecule has 0 aliphatic heterocycles. The number of hydrogen-bond acceptors (Lipinski definition) is 3. The van der Waals surface area contributed by atoms with E-state index in [-0.39, 0.29) is 11.4 Å². The molecule has 2 nitrogen and oxygen atoms in total. The fourth-order valence-corrected chi connectivity index (χ4v) is 3.15. The Morgan fingerprint density at radius 2 is 2.10 bits per heavy atom. The molecule has 2 rings (SSSR count). The summed E-state index contributed by atoms with van der Waals surface area (Å²) >= 11 is 1.78. The maximum Gasteiger partial charge on any atom is 0.123 e. The third-order valence-electron chi connectivity index (χ3n) is 4.11. The Hall–Kier alpha value is -1.23. The van der Waals surface area contributed by atoms with E-state index in [1.807, 2.05) is 6.07 Å². The van der Waals surface area contributed by atoms with Crippen LogP contribution in [0.4, 0.5) is 4.39 Å². The van der Waals surface area contributed by atoms with Gasteiger partial charge in [-0.25, -0.2) is 4.39 Å². The molecule has 114 valence electrons. The second-order valence-corrected chi connectivity index (χ2v) is 6.79. The molecule has 2 N–H and O–H groups in total. The molecule has 1 aromatic carbocycles. The lowest BCUT2D eigenvalue weighted by Gasteiger charge is -2.38. The predicted octanol–water partition coefficient (Wildman–Crippen LogP) is 3.32. The minimum atomic E-state index is -0.187. The molecular formula is C17H23FN2S. The van der Waals surface area contributed by atoms with Gasteiger partial charge in [0.15, 0.2) is 0 Å². The number of thiophene rings is 1. The largest absolute Gasteiger partial charge is 0.329 e. The molecule has 0 spiro atoms. The van der Waals surface area contributed by atoms with E-state index in [0.717, 1.165) is 24.9 Å². The van der Waals surface area contributed by atoms with Gasteiger partial charge in [-0.15, -0.1) is 11.3 Å². The fourth-order valence-electron chi connectivity index (χ4n) is 2.45. The molecule has 0 aliphatic rings. The molecule has 1 aromatic heterocycles. The van der Waals surface area contributed by atoms with Gasteiger partial charge in [0, 0.05) is 23.5 Å². The smallest absolute Gasteiger partial charge is 0.123 e. The van der Waals surface area contributed by atoms with Crippen LogP contribution in [-0.2, 0) is 12.8 Å². The van der Waals surface area contributed by atoms with Crippen LogP contribution in [0.3, 0.4) is 0 Å². The van der Waals surface area contributed by atoms with Gasteiger partial charge in [0.1, 0.15) is 5.82 Å². The van der Waals surface area contributed by atoms with Gasteiger partial charge in [-0.2, -0.15) is 0 Å². The summed E-state index contributed by atoms with van der Waals surface area (Å²) in [5.74, 6) is -0.187. The zero-order valence-electron chi connectivity index (χ0n) is 12.7. The minimum Gasteiger partial charge on any atom is -0.329 e. The Morgan fingerprint density at radius 3 is 2.71 bits per heavy atom. The highest BCUT2D eigenvalue weighted by atomic mass is 32.1. The van der Waals surface area contributed by atoms with E-state index in [0.29, 0.717) is 6.54 Å². The molecule has 0 fully saturated rings. The topological polar surface area (TPSA) is 29.3 Å². The Morgan fingerprint density at radius 1 is 1.29 bits per heavy atom. The van der Waals surface area contributed by atoms with E-state index in [4.69, 9.17) is 5.73 Å². The summed E-state index contributed by atoms with van der Waals surface area (Å²) in [5.41, 5.74) is 6.84. The predicted molar refractivity (Wildman–Crippen MR) is 88.2 cm³/mol. The third-order valence-corrected chi connectivity index (χ3v) is 5.05. The first-order valence-electron chi connectivity index (χ1n) is 7.22. The molecule has 0 saturated carbocycles. The average molecular weight is 306 g/mol. The van der Waals surface area contributed by atoms with Crippen molar-refractivity contribution in [2.45, 2.75) is 25.3 Å². The summed E-state index contributed by atoms with van der Waals surface area (Å²) in [7, 11) is 2.10. The first-order valence-corrected chi connectivity index (χ1v) is 8.09. The second kappa shape index (κ2) is 7.16. The summed E-state index contributed by atoms with van der Waals surface area (Å²) in [5, 5.41) is 2.10. The molecule has 0 aliphatic carbocycles. The van der Waals surface area contributed by atoms with E-state index in [9.17, 15) is 4.39 Å². The van der Waals surface area contributed by atoms with Crippen molar-refractivity contribution in [2.24, 2.45) is 5.73 Å². The zero-order chi connectivity index (χ0) is 15.3. The number of likely N-dealkylation sites (N-methyl/N-ethyl adjacent to an activating group) is 1. The molecule has 0 radical (unpaired) electrons. The molecular weight excluding hydrogens is 283 g/mol. The Kier molecular flexibility index (Phi) is 5.51. The lowest BCUT2D eigenvalue weighted by atomic mass is 9.91.